The van der Waals surface area contributed by atoms with E-state index in [9.17, 15) is 39.9 Å². The number of ketones is 2. The number of carbonyl (C=O) groups is 3. The van der Waals surface area contributed by atoms with Gasteiger partial charge < -0.3 is 31.3 Å². The van der Waals surface area contributed by atoms with Crippen LogP contribution >= 0.6 is 0 Å². The molecule has 6 unspecified atom stereocenters. The number of phenolic OH excluding ortho intramolecular Hbond substituents is 1. The first-order chi connectivity index (χ1) is 18.3. The lowest BCUT2D eigenvalue weighted by Gasteiger charge is -2.53. The Kier molecular flexibility index (Phi) is 6.61. The molecular formula is C28H35N3O8. The molecule has 210 valence electrons. The van der Waals surface area contributed by atoms with E-state index >= 15 is 0 Å². The van der Waals surface area contributed by atoms with Gasteiger partial charge in [0.25, 0.3) is 5.91 Å². The van der Waals surface area contributed by atoms with Crippen LogP contribution in [-0.4, -0.2) is 97.7 Å². The zero-order valence-corrected chi connectivity index (χ0v) is 22.2. The highest BCUT2D eigenvalue weighted by molar-refractivity contribution is 6.25. The summed E-state index contributed by atoms with van der Waals surface area (Å²) in [5, 5.41) is 57.0. The van der Waals surface area contributed by atoms with Gasteiger partial charge in [0.1, 0.15) is 22.8 Å². The maximum absolute atomic E-state index is 13.9. The molecule has 1 amide bonds. The number of hydrogen-bond acceptors (Lipinski definition) is 10. The van der Waals surface area contributed by atoms with Crippen molar-refractivity contribution >= 4 is 17.5 Å². The Bertz CT molecular complexity index is 1330. The number of nitrogens with zero attached hydrogens (tertiary/aromatic N) is 2. The van der Waals surface area contributed by atoms with Crippen molar-refractivity contribution in [3.8, 4) is 5.75 Å². The number of amides is 1. The van der Waals surface area contributed by atoms with Crippen molar-refractivity contribution < 1.29 is 39.9 Å². The Balaban J connectivity index is 1.68. The molecule has 1 saturated heterocycles. The molecule has 7 N–H and O–H groups in total. The highest BCUT2D eigenvalue weighted by Crippen LogP contribution is 2.55. The third-order valence-corrected chi connectivity index (χ3v) is 9.06. The predicted molar refractivity (Wildman–Crippen MR) is 139 cm³/mol. The van der Waals surface area contributed by atoms with Crippen LogP contribution in [0.2, 0.25) is 0 Å². The van der Waals surface area contributed by atoms with Crippen molar-refractivity contribution in [2.75, 3.05) is 27.2 Å². The third kappa shape index (κ3) is 3.75. The Morgan fingerprint density at radius 1 is 1.13 bits per heavy atom. The summed E-state index contributed by atoms with van der Waals surface area (Å²) in [4.78, 5) is 43.1. The van der Waals surface area contributed by atoms with E-state index in [-0.39, 0.29) is 11.3 Å². The van der Waals surface area contributed by atoms with Gasteiger partial charge in [-0.15, -0.1) is 0 Å². The lowest BCUT2D eigenvalue weighted by Crippen LogP contribution is -2.68. The predicted octanol–water partition coefficient (Wildman–Crippen LogP) is 0.638. The largest absolute Gasteiger partial charge is 0.510 e. The maximum atomic E-state index is 13.9. The fourth-order valence-corrected chi connectivity index (χ4v) is 7.15. The van der Waals surface area contributed by atoms with Crippen molar-refractivity contribution in [2.45, 2.75) is 56.4 Å². The molecule has 1 fully saturated rings. The third-order valence-electron chi connectivity index (χ3n) is 9.06. The van der Waals surface area contributed by atoms with Gasteiger partial charge in [-0.3, -0.25) is 24.2 Å². The first-order valence-corrected chi connectivity index (χ1v) is 13.2. The zero-order valence-electron chi connectivity index (χ0n) is 22.2. The molecule has 4 aliphatic rings. The summed E-state index contributed by atoms with van der Waals surface area (Å²) in [7, 11) is 3.01. The van der Waals surface area contributed by atoms with Gasteiger partial charge in [-0.25, -0.2) is 0 Å². The van der Waals surface area contributed by atoms with E-state index in [1.807, 2.05) is 0 Å². The molecule has 11 heteroatoms. The summed E-state index contributed by atoms with van der Waals surface area (Å²) < 4.78 is 0. The summed E-state index contributed by atoms with van der Waals surface area (Å²) in [6, 6.07) is 2.21. The van der Waals surface area contributed by atoms with Crippen molar-refractivity contribution in [1.82, 2.24) is 9.80 Å². The number of aliphatic hydroxyl groups excluding tert-OH is 3. The smallest absolute Gasteiger partial charge is 0.255 e. The molecule has 0 bridgehead atoms. The van der Waals surface area contributed by atoms with Crippen LogP contribution in [0.15, 0.2) is 34.8 Å². The first kappa shape index (κ1) is 27.3. The summed E-state index contributed by atoms with van der Waals surface area (Å²) >= 11 is 0. The second-order valence-electron chi connectivity index (χ2n) is 11.4. The van der Waals surface area contributed by atoms with E-state index in [2.05, 4.69) is 4.90 Å². The minimum Gasteiger partial charge on any atom is -0.510 e. The lowest BCUT2D eigenvalue weighted by atomic mass is 9.55. The molecule has 1 aromatic rings. The average Bonchev–Trinajstić information content (AvgIpc) is 2.87. The summed E-state index contributed by atoms with van der Waals surface area (Å²) in [6.07, 6.45) is 1.62. The minimum atomic E-state index is -2.91. The summed E-state index contributed by atoms with van der Waals surface area (Å²) in [5.74, 6) is -8.72. The number of piperidine rings is 1. The number of Topliss-reactive ketones (excluding diaryl/α,β-unsaturated/α-hetero) is 2. The number of likely N-dealkylation sites (N-methyl/N-ethyl adjacent to an activating group) is 1. The van der Waals surface area contributed by atoms with Crippen LogP contribution in [-0.2, 0) is 16.1 Å². The Labute approximate surface area is 225 Å². The summed E-state index contributed by atoms with van der Waals surface area (Å²) in [5.41, 5.74) is 2.09. The van der Waals surface area contributed by atoms with Gasteiger partial charge in [0.2, 0.25) is 5.78 Å². The van der Waals surface area contributed by atoms with Crippen LogP contribution < -0.4 is 5.73 Å². The molecule has 1 aliphatic heterocycles. The molecule has 5 rings (SSSR count). The second kappa shape index (κ2) is 9.44. The number of fused-ring (bicyclic) bond motifs is 3. The lowest BCUT2D eigenvalue weighted by molar-refractivity contribution is -0.162. The number of aromatic hydroxyl groups is 1. The van der Waals surface area contributed by atoms with Crippen LogP contribution in [0.1, 0.15) is 53.6 Å². The van der Waals surface area contributed by atoms with Crippen molar-refractivity contribution in [2.24, 2.45) is 17.6 Å². The van der Waals surface area contributed by atoms with Gasteiger partial charge in [-0.2, -0.15) is 0 Å². The molecule has 39 heavy (non-hydrogen) atoms. The van der Waals surface area contributed by atoms with Crippen LogP contribution in [0.3, 0.4) is 0 Å². The SMILES string of the molecule is CC1c2ccc(CN3CCCCC3)c(O)c2C(=O)C2=C(O)C3(O)C(=O)C(C(N)=O)=C(O)C(N(C)C)C3C(O)C21. The monoisotopic (exact) mass is 541 g/mol. The number of carbonyl (C=O) groups excluding carboxylic acids is 3. The van der Waals surface area contributed by atoms with E-state index < -0.39 is 75.6 Å². The number of nitrogens with two attached hydrogens (primary N) is 1. The van der Waals surface area contributed by atoms with Crippen molar-refractivity contribution in [3.05, 3.63) is 51.5 Å². The number of rotatable bonds is 4. The molecule has 1 aromatic carbocycles. The highest BCUT2D eigenvalue weighted by atomic mass is 16.4. The Hall–Kier alpha value is -3.25. The number of benzene rings is 1. The highest BCUT2D eigenvalue weighted by Gasteiger charge is 2.67. The van der Waals surface area contributed by atoms with Gasteiger partial charge in [0, 0.05) is 23.6 Å². The standard InChI is InChI=1S/C28H35N3O8/c1-12-14-8-7-13(11-31-9-5-4-6-10-31)21(32)16(14)22(33)17-15(12)23(34)19-20(30(2)3)24(35)18(27(29)38)26(37)28(19,39)25(17)36/h7-8,12,15,19-20,23,32,34-36,39H,4-6,9-11H2,1-3H3,(H2,29,38). The Morgan fingerprint density at radius 3 is 2.36 bits per heavy atom. The molecule has 0 saturated carbocycles. The van der Waals surface area contributed by atoms with Gasteiger partial charge in [0.05, 0.1) is 23.6 Å². The Morgan fingerprint density at radius 2 is 1.77 bits per heavy atom. The van der Waals surface area contributed by atoms with E-state index in [4.69, 9.17) is 5.73 Å². The van der Waals surface area contributed by atoms with Gasteiger partial charge in [0.15, 0.2) is 11.4 Å². The van der Waals surface area contributed by atoms with Gasteiger partial charge in [-0.05, 0) is 51.5 Å². The van der Waals surface area contributed by atoms with E-state index in [1.165, 1.54) is 19.0 Å². The van der Waals surface area contributed by atoms with E-state index in [1.54, 1.807) is 19.1 Å². The second-order valence-corrected chi connectivity index (χ2v) is 11.4. The maximum Gasteiger partial charge on any atom is 0.255 e. The number of primary amides is 1. The first-order valence-electron chi connectivity index (χ1n) is 13.2. The minimum absolute atomic E-state index is 0.0509. The molecule has 0 spiro atoms. The average molecular weight is 542 g/mol. The number of hydrogen-bond donors (Lipinski definition) is 6. The van der Waals surface area contributed by atoms with Crippen molar-refractivity contribution in [3.63, 3.8) is 0 Å². The van der Waals surface area contributed by atoms with Gasteiger partial charge >= 0.3 is 0 Å². The number of aliphatic hydroxyl groups is 4. The topological polar surface area (TPSA) is 185 Å². The molecule has 1 heterocycles. The number of phenols is 1. The molecule has 0 aromatic heterocycles. The van der Waals surface area contributed by atoms with E-state index in [0.29, 0.717) is 17.7 Å². The molecule has 3 aliphatic carbocycles. The van der Waals surface area contributed by atoms with Crippen LogP contribution in [0.5, 0.6) is 5.75 Å². The van der Waals surface area contributed by atoms with Crippen LogP contribution in [0.4, 0.5) is 0 Å². The van der Waals surface area contributed by atoms with E-state index in [0.717, 1.165) is 32.4 Å². The normalized spacial score (nSPS) is 33.2. The number of likely N-dealkylation sites (tertiary alicyclic amines) is 1. The van der Waals surface area contributed by atoms with Gasteiger partial charge in [-0.1, -0.05) is 25.5 Å². The summed E-state index contributed by atoms with van der Waals surface area (Å²) in [6.45, 7) is 3.89. The fraction of sp³-hybridized carbons (Fsp3) is 0.536. The molecule has 0 radical (unpaired) electrons. The van der Waals surface area contributed by atoms with Crippen molar-refractivity contribution in [1.29, 1.82) is 0 Å². The molecular weight excluding hydrogens is 506 g/mol. The molecule has 6 atom stereocenters. The fourth-order valence-electron chi connectivity index (χ4n) is 7.15. The quantitative estimate of drug-likeness (QED) is 0.296. The van der Waals surface area contributed by atoms with Crippen LogP contribution in [0, 0.1) is 11.8 Å². The van der Waals surface area contributed by atoms with Crippen LogP contribution in [0.25, 0.3) is 0 Å². The molecule has 11 nitrogen and oxygen atoms in total. The zero-order chi connectivity index (χ0) is 28.5.